The molecule has 0 fully saturated rings. The predicted molar refractivity (Wildman–Crippen MR) is 97.2 cm³/mol. The third-order valence-electron chi connectivity index (χ3n) is 2.87. The summed E-state index contributed by atoms with van der Waals surface area (Å²) < 4.78 is 0. The number of allylic oxidation sites excluding steroid dienone is 1. The maximum absolute atomic E-state index is 6.04. The Morgan fingerprint density at radius 2 is 1.75 bits per heavy atom. The smallest absolute Gasteiger partial charge is 0.121 e. The number of benzene rings is 1. The van der Waals surface area contributed by atoms with Gasteiger partial charge in [-0.15, -0.1) is 33.2 Å². The zero-order valence-corrected chi connectivity index (χ0v) is 16.0. The lowest BCUT2D eigenvalue weighted by atomic mass is 10.1. The van der Waals surface area contributed by atoms with Crippen molar-refractivity contribution in [1.82, 2.24) is 0 Å². The first kappa shape index (κ1) is 18.4. The summed E-state index contributed by atoms with van der Waals surface area (Å²) in [5, 5.41) is 0. The van der Waals surface area contributed by atoms with Gasteiger partial charge in [-0.05, 0) is 42.5 Å². The highest BCUT2D eigenvalue weighted by molar-refractivity contribution is 8.03. The first-order valence-electron chi connectivity index (χ1n) is 6.93. The third kappa shape index (κ3) is 8.63. The van der Waals surface area contributed by atoms with Crippen LogP contribution in [0.5, 0.6) is 0 Å². The predicted octanol–water partition coefficient (Wildman–Crippen LogP) is 7.14. The van der Waals surface area contributed by atoms with E-state index >= 15 is 0 Å². The lowest BCUT2D eigenvalue weighted by molar-refractivity contribution is 0.672. The van der Waals surface area contributed by atoms with Crippen molar-refractivity contribution in [3.05, 3.63) is 40.4 Å². The van der Waals surface area contributed by atoms with Gasteiger partial charge in [-0.3, -0.25) is 0 Å². The Bertz CT molecular complexity index is 424. The van der Waals surface area contributed by atoms with Crippen LogP contribution in [0.15, 0.2) is 39.8 Å². The van der Waals surface area contributed by atoms with Gasteiger partial charge in [0, 0.05) is 4.90 Å². The van der Waals surface area contributed by atoms with Gasteiger partial charge in [-0.2, -0.15) is 0 Å². The number of hydrogen-bond acceptors (Lipinski definition) is 1. The monoisotopic (exact) mass is 366 g/mol. The lowest BCUT2D eigenvalue weighted by Crippen LogP contribution is -2.05. The Balaban J connectivity index is 2.67. The summed E-state index contributed by atoms with van der Waals surface area (Å²) in [4.78, 5) is 2.40. The number of unbranched alkanes of at least 4 members (excludes halogenated alkanes) is 3. The second-order valence-electron chi connectivity index (χ2n) is 4.88. The highest BCUT2D eigenvalue weighted by Crippen LogP contribution is 2.34. The largest absolute Gasteiger partial charge is 0.366 e. The van der Waals surface area contributed by atoms with Gasteiger partial charge >= 0.3 is 6.00 Å². The van der Waals surface area contributed by atoms with Crippen LogP contribution in [0.4, 0.5) is 0 Å². The second-order valence-corrected chi connectivity index (χ2v) is 14.6. The maximum Gasteiger partial charge on any atom is 0.366 e. The van der Waals surface area contributed by atoms with E-state index in [9.17, 15) is 0 Å². The molecule has 0 unspecified atom stereocenters. The molecule has 0 aliphatic carbocycles. The van der Waals surface area contributed by atoms with Crippen LogP contribution < -0.4 is 0 Å². The topological polar surface area (TPSA) is 0 Å². The Labute approximate surface area is 142 Å². The molecule has 0 saturated heterocycles. The molecule has 112 valence electrons. The number of hydrogen-bond donors (Lipinski definition) is 0. The molecule has 0 amide bonds. The summed E-state index contributed by atoms with van der Waals surface area (Å²) in [6, 6.07) is 5.76. The molecule has 1 aromatic carbocycles. The highest BCUT2D eigenvalue weighted by atomic mass is 35.8. The minimum Gasteiger partial charge on any atom is -0.121 e. The lowest BCUT2D eigenvalue weighted by Gasteiger charge is -2.10. The van der Waals surface area contributed by atoms with Crippen LogP contribution in [0, 0.1) is 6.92 Å². The maximum atomic E-state index is 6.04. The molecule has 1 aromatic rings. The first-order chi connectivity index (χ1) is 9.40. The molecular weight excluding hydrogens is 347 g/mol. The average molecular weight is 368 g/mol. The van der Waals surface area contributed by atoms with Gasteiger partial charge in [0.25, 0.3) is 0 Å². The molecule has 0 N–H and O–H groups in total. The van der Waals surface area contributed by atoms with Crippen LogP contribution in [0.2, 0.25) is 0 Å². The van der Waals surface area contributed by atoms with Crippen LogP contribution in [0.1, 0.15) is 44.6 Å². The van der Waals surface area contributed by atoms with Crippen LogP contribution in [0.3, 0.4) is 0 Å². The Hall–Kier alpha value is 0.397. The highest BCUT2D eigenvalue weighted by Gasteiger charge is 2.22. The van der Waals surface area contributed by atoms with E-state index in [4.69, 9.17) is 33.2 Å². The van der Waals surface area contributed by atoms with Gasteiger partial charge in [0.15, 0.2) is 0 Å². The van der Waals surface area contributed by atoms with Crippen molar-refractivity contribution < 1.29 is 0 Å². The molecule has 0 radical (unpaired) electrons. The quantitative estimate of drug-likeness (QED) is 0.204. The molecule has 0 nitrogen and oxygen atoms in total. The average Bonchev–Trinajstić information content (AvgIpc) is 2.35. The molecule has 20 heavy (non-hydrogen) atoms. The Morgan fingerprint density at radius 3 is 2.30 bits per heavy atom. The molecular formula is C15H21Cl3SSi. The number of rotatable bonds is 8. The number of thioether (sulfide) groups is 1. The Morgan fingerprint density at radius 1 is 1.10 bits per heavy atom. The number of aryl methyl sites for hydroxylation is 1. The van der Waals surface area contributed by atoms with Crippen LogP contribution in [-0.2, 0) is 0 Å². The molecule has 0 aromatic heterocycles. The van der Waals surface area contributed by atoms with Gasteiger partial charge in [-0.1, -0.05) is 55.6 Å². The minimum atomic E-state index is -2.72. The zero-order valence-electron chi connectivity index (χ0n) is 12.0. The molecule has 0 saturated carbocycles. The summed E-state index contributed by atoms with van der Waals surface area (Å²) in [5.41, 5.74) is 3.15. The summed E-state index contributed by atoms with van der Waals surface area (Å²) in [6.45, 7) is 4.30. The fourth-order valence-corrected chi connectivity index (χ4v) is 5.68. The van der Waals surface area contributed by atoms with E-state index < -0.39 is 6.00 Å². The van der Waals surface area contributed by atoms with Gasteiger partial charge in [0.2, 0.25) is 0 Å². The van der Waals surface area contributed by atoms with Crippen LogP contribution in [-0.4, -0.2) is 6.00 Å². The molecule has 5 heteroatoms. The van der Waals surface area contributed by atoms with E-state index in [0.717, 1.165) is 12.8 Å². The van der Waals surface area contributed by atoms with Crippen molar-refractivity contribution in [3.8, 4) is 0 Å². The van der Waals surface area contributed by atoms with E-state index in [0.29, 0.717) is 0 Å². The standard InChI is InChI=1S/C15H21Cl3SSi/c1-3-4-5-6-7-15(12-20(16,17)18)19-14-10-8-13(2)9-11-14/h8-12H,3-7H2,1-2H3/b15-12+. The zero-order chi connectivity index (χ0) is 15.0. The van der Waals surface area contributed by atoms with Gasteiger partial charge in [0.05, 0.1) is 0 Å². The summed E-state index contributed by atoms with van der Waals surface area (Å²) in [5.74, 6) is 0. The molecule has 0 aliphatic rings. The van der Waals surface area contributed by atoms with Gasteiger partial charge in [0.1, 0.15) is 0 Å². The Kier molecular flexibility index (Phi) is 8.69. The van der Waals surface area contributed by atoms with Crippen molar-refractivity contribution in [2.45, 2.75) is 50.8 Å². The van der Waals surface area contributed by atoms with Crippen LogP contribution >= 0.6 is 45.0 Å². The van der Waals surface area contributed by atoms with E-state index in [-0.39, 0.29) is 0 Å². The molecule has 0 spiro atoms. The van der Waals surface area contributed by atoms with Crippen molar-refractivity contribution in [3.63, 3.8) is 0 Å². The van der Waals surface area contributed by atoms with Crippen molar-refractivity contribution in [1.29, 1.82) is 0 Å². The van der Waals surface area contributed by atoms with E-state index in [1.165, 1.54) is 34.6 Å². The van der Waals surface area contributed by atoms with Crippen molar-refractivity contribution in [2.24, 2.45) is 0 Å². The molecule has 0 aliphatic heterocycles. The van der Waals surface area contributed by atoms with Gasteiger partial charge in [-0.25, -0.2) is 0 Å². The van der Waals surface area contributed by atoms with Crippen LogP contribution in [0.25, 0.3) is 0 Å². The summed E-state index contributed by atoms with van der Waals surface area (Å²) >= 11 is 19.8. The second kappa shape index (κ2) is 9.42. The van der Waals surface area contributed by atoms with Crippen molar-refractivity contribution >= 4 is 51.0 Å². The normalized spacial score (nSPS) is 12.8. The fourth-order valence-electron chi connectivity index (χ4n) is 1.82. The molecule has 0 bridgehead atoms. The molecule has 0 atom stereocenters. The van der Waals surface area contributed by atoms with E-state index in [1.54, 1.807) is 11.8 Å². The van der Waals surface area contributed by atoms with E-state index in [2.05, 4.69) is 38.1 Å². The molecule has 1 rings (SSSR count). The summed E-state index contributed by atoms with van der Waals surface area (Å²) in [6.07, 6.45) is 5.91. The van der Waals surface area contributed by atoms with E-state index in [1.807, 2.05) is 5.70 Å². The van der Waals surface area contributed by atoms with Gasteiger partial charge < -0.3 is 0 Å². The SMILES string of the molecule is CCCCCC/C(=C\[Si](Cl)(Cl)Cl)Sc1ccc(C)cc1. The first-order valence-corrected chi connectivity index (χ1v) is 12.9. The molecule has 0 heterocycles. The summed E-state index contributed by atoms with van der Waals surface area (Å²) in [7, 11) is 0. The minimum absolute atomic E-state index is 0.999. The third-order valence-corrected chi connectivity index (χ3v) is 5.83. The number of halogens is 3. The fraction of sp³-hybridized carbons (Fsp3) is 0.467. The van der Waals surface area contributed by atoms with Crippen molar-refractivity contribution in [2.75, 3.05) is 0 Å².